The summed E-state index contributed by atoms with van der Waals surface area (Å²) in [5.74, 6) is 2.24. The second-order valence-corrected chi connectivity index (χ2v) is 14.7. The van der Waals surface area contributed by atoms with Crippen LogP contribution in [0.15, 0.2) is 183 Å². The van der Waals surface area contributed by atoms with Gasteiger partial charge in [-0.05, 0) is 48.4 Å². The predicted molar refractivity (Wildman–Crippen MR) is 238 cm³/mol. The molecule has 4 heterocycles. The zero-order valence-electron chi connectivity index (χ0n) is 31.0. The lowest BCUT2D eigenvalue weighted by Gasteiger charge is -2.11. The maximum atomic E-state index is 5.43. The van der Waals surface area contributed by atoms with E-state index in [9.17, 15) is 0 Å². The Labute approximate surface area is 333 Å². The Balaban J connectivity index is 1.24. The van der Waals surface area contributed by atoms with E-state index < -0.39 is 0 Å². The van der Waals surface area contributed by atoms with Crippen LogP contribution < -0.4 is 0 Å². The monoisotopic (exact) mass is 750 g/mol. The van der Waals surface area contributed by atoms with E-state index in [-0.39, 0.29) is 0 Å². The second kappa shape index (κ2) is 14.4. The number of nitrogens with zero attached hydrogens (tertiary/aromatic N) is 6. The Bertz CT molecular complexity index is 3190. The zero-order chi connectivity index (χ0) is 38.3. The Hall–Kier alpha value is -7.35. The quantitative estimate of drug-likeness (QED) is 0.145. The SMILES string of the molecule is C=C/C(=C\C=C/C)n1c2ccccc2c2c(-c3nc(-c4nc(-c5ccccc5)nc(-c5ccc(-c6ccccc6)cc5)n4)c4sc5ccccc5c4n3)cccc21. The standard InChI is InChI=1S/C50H34N6S/c1-3-5-21-36(4-2)56-40-25-14-12-22-37(40)43-39(24-16-26-41(43)56)49-51-44-38-23-13-15-27-42(38)57-46(44)45(52-49)50-54-47(34-19-10-7-11-20-34)53-48(55-50)35-30-28-33(29-31-35)32-17-8-6-9-18-32/h3-31H,2H2,1H3/b5-3-,36-21+. The second-order valence-electron chi connectivity index (χ2n) is 13.7. The van der Waals surface area contributed by atoms with Gasteiger partial charge in [0.25, 0.3) is 0 Å². The molecule has 0 saturated heterocycles. The highest BCUT2D eigenvalue weighted by Gasteiger charge is 2.23. The fourth-order valence-corrected chi connectivity index (χ4v) is 8.67. The largest absolute Gasteiger partial charge is 0.309 e. The molecule has 6 aromatic carbocycles. The van der Waals surface area contributed by atoms with Gasteiger partial charge < -0.3 is 4.57 Å². The number of hydrogen-bond acceptors (Lipinski definition) is 6. The van der Waals surface area contributed by atoms with E-state index >= 15 is 0 Å². The maximum Gasteiger partial charge on any atom is 0.184 e. The lowest BCUT2D eigenvalue weighted by atomic mass is 10.0. The van der Waals surface area contributed by atoms with Gasteiger partial charge in [0.05, 0.1) is 21.3 Å². The first-order valence-electron chi connectivity index (χ1n) is 18.8. The molecule has 10 aromatic rings. The average Bonchev–Trinajstić information content (AvgIpc) is 3.83. The van der Waals surface area contributed by atoms with Gasteiger partial charge in [0.1, 0.15) is 5.69 Å². The van der Waals surface area contributed by atoms with Crippen molar-refractivity contribution in [3.8, 4) is 56.8 Å². The predicted octanol–water partition coefficient (Wildman–Crippen LogP) is 13.1. The molecule has 0 N–H and O–H groups in total. The third-order valence-electron chi connectivity index (χ3n) is 10.2. The Morgan fingerprint density at radius 1 is 0.544 bits per heavy atom. The minimum Gasteiger partial charge on any atom is -0.309 e. The van der Waals surface area contributed by atoms with E-state index in [1.165, 1.54) is 0 Å². The molecule has 0 bridgehead atoms. The summed E-state index contributed by atoms with van der Waals surface area (Å²) in [6.45, 7) is 6.19. The molecule has 0 fully saturated rings. The van der Waals surface area contributed by atoms with E-state index in [2.05, 4.69) is 132 Å². The number of benzene rings is 6. The zero-order valence-corrected chi connectivity index (χ0v) is 31.9. The average molecular weight is 751 g/mol. The minimum atomic E-state index is 0.490. The molecule has 0 atom stereocenters. The topological polar surface area (TPSA) is 69.4 Å². The van der Waals surface area contributed by atoms with Gasteiger partial charge in [-0.25, -0.2) is 24.9 Å². The van der Waals surface area contributed by atoms with Crippen molar-refractivity contribution in [2.45, 2.75) is 6.92 Å². The number of fused-ring (bicyclic) bond motifs is 6. The smallest absolute Gasteiger partial charge is 0.184 e. The number of allylic oxidation sites excluding steroid dienone is 5. The summed E-state index contributed by atoms with van der Waals surface area (Å²) in [7, 11) is 0. The summed E-state index contributed by atoms with van der Waals surface area (Å²) >= 11 is 1.66. The fourth-order valence-electron chi connectivity index (χ4n) is 7.55. The first-order chi connectivity index (χ1) is 28.2. The first kappa shape index (κ1) is 34.2. The molecule has 0 spiro atoms. The van der Waals surface area contributed by atoms with Crippen molar-refractivity contribution in [2.24, 2.45) is 0 Å². The molecule has 0 amide bonds. The van der Waals surface area contributed by atoms with Crippen molar-refractivity contribution in [2.75, 3.05) is 0 Å². The number of rotatable bonds is 8. The van der Waals surface area contributed by atoms with Crippen molar-refractivity contribution < 1.29 is 0 Å². The summed E-state index contributed by atoms with van der Waals surface area (Å²) in [5, 5.41) is 3.23. The summed E-state index contributed by atoms with van der Waals surface area (Å²) in [6.07, 6.45) is 8.04. The van der Waals surface area contributed by atoms with Crippen LogP contribution in [-0.2, 0) is 0 Å². The molecule has 4 aromatic heterocycles. The van der Waals surface area contributed by atoms with Crippen LogP contribution in [0.25, 0.3) is 105 Å². The van der Waals surface area contributed by atoms with Crippen LogP contribution in [-0.4, -0.2) is 29.5 Å². The molecule has 57 heavy (non-hydrogen) atoms. The Kier molecular flexibility index (Phi) is 8.62. The van der Waals surface area contributed by atoms with Gasteiger partial charge in [0.2, 0.25) is 0 Å². The van der Waals surface area contributed by atoms with Gasteiger partial charge in [-0.2, -0.15) is 0 Å². The van der Waals surface area contributed by atoms with Crippen molar-refractivity contribution in [1.82, 2.24) is 29.5 Å². The van der Waals surface area contributed by atoms with Crippen molar-refractivity contribution >= 4 is 59.1 Å². The van der Waals surface area contributed by atoms with Crippen LogP contribution in [0.5, 0.6) is 0 Å². The molecule has 0 radical (unpaired) electrons. The molecule has 0 unspecified atom stereocenters. The Morgan fingerprint density at radius 3 is 1.88 bits per heavy atom. The van der Waals surface area contributed by atoms with Crippen molar-refractivity contribution in [1.29, 1.82) is 0 Å². The van der Waals surface area contributed by atoms with E-state index in [0.717, 1.165) is 75.6 Å². The van der Waals surface area contributed by atoms with Gasteiger partial charge >= 0.3 is 0 Å². The van der Waals surface area contributed by atoms with Crippen LogP contribution in [0.3, 0.4) is 0 Å². The minimum absolute atomic E-state index is 0.490. The third kappa shape index (κ3) is 6.02. The number of hydrogen-bond donors (Lipinski definition) is 0. The normalized spacial score (nSPS) is 12.1. The molecular formula is C50H34N6S. The molecule has 7 heteroatoms. The molecule has 0 aliphatic rings. The van der Waals surface area contributed by atoms with Gasteiger partial charge in [-0.15, -0.1) is 11.3 Å². The molecule has 270 valence electrons. The van der Waals surface area contributed by atoms with E-state index in [1.54, 1.807) is 11.3 Å². The van der Waals surface area contributed by atoms with Crippen LogP contribution >= 0.6 is 11.3 Å². The Morgan fingerprint density at radius 2 is 1.14 bits per heavy atom. The van der Waals surface area contributed by atoms with Gasteiger partial charge in [-0.3, -0.25) is 0 Å². The first-order valence-corrected chi connectivity index (χ1v) is 19.7. The van der Waals surface area contributed by atoms with Crippen LogP contribution in [0.4, 0.5) is 0 Å². The number of thiophene rings is 1. The van der Waals surface area contributed by atoms with Gasteiger partial charge in [-0.1, -0.05) is 152 Å². The summed E-state index contributed by atoms with van der Waals surface area (Å²) in [6, 6.07) is 52.0. The van der Waals surface area contributed by atoms with Crippen molar-refractivity contribution in [3.63, 3.8) is 0 Å². The highest BCUT2D eigenvalue weighted by molar-refractivity contribution is 7.26. The van der Waals surface area contributed by atoms with E-state index in [4.69, 9.17) is 24.9 Å². The fraction of sp³-hybridized carbons (Fsp3) is 0.0200. The molecule has 10 rings (SSSR count). The van der Waals surface area contributed by atoms with Crippen LogP contribution in [0.1, 0.15) is 6.92 Å². The van der Waals surface area contributed by atoms with E-state index in [0.29, 0.717) is 29.0 Å². The summed E-state index contributed by atoms with van der Waals surface area (Å²) < 4.78 is 4.30. The molecule has 0 aliphatic carbocycles. The highest BCUT2D eigenvalue weighted by atomic mass is 32.1. The summed E-state index contributed by atoms with van der Waals surface area (Å²) in [4.78, 5) is 26.2. The van der Waals surface area contributed by atoms with E-state index in [1.807, 2.05) is 61.5 Å². The third-order valence-corrected chi connectivity index (χ3v) is 11.4. The van der Waals surface area contributed by atoms with Crippen LogP contribution in [0.2, 0.25) is 0 Å². The maximum absolute atomic E-state index is 5.43. The number of para-hydroxylation sites is 1. The van der Waals surface area contributed by atoms with Gasteiger partial charge in [0.15, 0.2) is 23.3 Å². The summed E-state index contributed by atoms with van der Waals surface area (Å²) in [5.41, 5.74) is 9.60. The molecule has 6 nitrogen and oxygen atoms in total. The number of aromatic nitrogens is 6. The van der Waals surface area contributed by atoms with Crippen LogP contribution in [0, 0.1) is 0 Å². The lowest BCUT2D eigenvalue weighted by molar-refractivity contribution is 1.06. The molecule has 0 aliphatic heterocycles. The van der Waals surface area contributed by atoms with Crippen molar-refractivity contribution in [3.05, 3.63) is 183 Å². The molecule has 0 saturated carbocycles. The highest BCUT2D eigenvalue weighted by Crippen LogP contribution is 2.42. The molecular weight excluding hydrogens is 717 g/mol. The van der Waals surface area contributed by atoms with Gasteiger partial charge in [0, 0.05) is 43.2 Å². The lowest BCUT2D eigenvalue weighted by Crippen LogP contribution is -2.03.